The minimum Gasteiger partial charge on any atom is -0.382 e. The van der Waals surface area contributed by atoms with Gasteiger partial charge in [-0.2, -0.15) is 0 Å². The number of likely N-dealkylation sites (N-methyl/N-ethyl adjacent to an activating group) is 1. The van der Waals surface area contributed by atoms with Crippen LogP contribution in [0, 0.1) is 5.82 Å². The zero-order valence-electron chi connectivity index (χ0n) is 15.9. The highest BCUT2D eigenvalue weighted by atomic mass is 19.1. The van der Waals surface area contributed by atoms with Gasteiger partial charge in [0.1, 0.15) is 5.82 Å². The van der Waals surface area contributed by atoms with Gasteiger partial charge in [0, 0.05) is 44.1 Å². The normalized spacial score (nSPS) is 17.4. The van der Waals surface area contributed by atoms with Crippen molar-refractivity contribution in [2.24, 2.45) is 0 Å². The van der Waals surface area contributed by atoms with Crippen LogP contribution in [0.2, 0.25) is 0 Å². The van der Waals surface area contributed by atoms with Gasteiger partial charge in [-0.05, 0) is 55.6 Å². The Morgan fingerprint density at radius 3 is 2.38 bits per heavy atom. The van der Waals surface area contributed by atoms with Gasteiger partial charge >= 0.3 is 0 Å². The Morgan fingerprint density at radius 2 is 1.77 bits per heavy atom. The van der Waals surface area contributed by atoms with E-state index in [9.17, 15) is 4.39 Å². The van der Waals surface area contributed by atoms with E-state index in [1.165, 1.54) is 68.0 Å². The summed E-state index contributed by atoms with van der Waals surface area (Å²) in [5.74, 6) is -0.178. The number of hydrogen-bond acceptors (Lipinski definition) is 3. The third kappa shape index (κ3) is 4.98. The van der Waals surface area contributed by atoms with Crippen LogP contribution in [0.5, 0.6) is 0 Å². The van der Waals surface area contributed by atoms with Crippen molar-refractivity contribution in [1.29, 1.82) is 0 Å². The monoisotopic (exact) mass is 355 g/mol. The zero-order valence-corrected chi connectivity index (χ0v) is 15.9. The summed E-state index contributed by atoms with van der Waals surface area (Å²) >= 11 is 0. The number of nitrogens with zero attached hydrogens (tertiary/aromatic N) is 2. The second kappa shape index (κ2) is 9.04. The van der Waals surface area contributed by atoms with Crippen molar-refractivity contribution in [3.63, 3.8) is 0 Å². The summed E-state index contributed by atoms with van der Waals surface area (Å²) in [5.41, 5.74) is 4.20. The fourth-order valence-electron chi connectivity index (χ4n) is 3.67. The maximum Gasteiger partial charge on any atom is 0.123 e. The molecular formula is C22H30FN3. The van der Waals surface area contributed by atoms with Crippen LogP contribution in [0.3, 0.4) is 0 Å². The van der Waals surface area contributed by atoms with Crippen molar-refractivity contribution in [1.82, 2.24) is 4.90 Å². The van der Waals surface area contributed by atoms with Crippen LogP contribution >= 0.6 is 0 Å². The molecule has 0 aliphatic carbocycles. The first-order valence-corrected chi connectivity index (χ1v) is 9.69. The lowest BCUT2D eigenvalue weighted by Gasteiger charge is -2.32. The lowest BCUT2D eigenvalue weighted by atomic mass is 10.0. The van der Waals surface area contributed by atoms with Gasteiger partial charge in [-0.3, -0.25) is 0 Å². The molecule has 0 aromatic heterocycles. The molecule has 140 valence electrons. The molecule has 2 heterocycles. The number of nitrogens with one attached hydrogen (secondary N) is 1. The molecule has 2 aliphatic rings. The van der Waals surface area contributed by atoms with Crippen molar-refractivity contribution in [2.75, 3.05) is 43.4 Å². The highest BCUT2D eigenvalue weighted by Crippen LogP contribution is 2.30. The molecule has 0 radical (unpaired) electrons. The van der Waals surface area contributed by atoms with Gasteiger partial charge in [0.2, 0.25) is 0 Å². The molecule has 2 aromatic carbocycles. The first kappa shape index (κ1) is 18.7. The van der Waals surface area contributed by atoms with Gasteiger partial charge in [-0.15, -0.1) is 0 Å². The molecule has 0 spiro atoms. The minimum absolute atomic E-state index is 0.178. The summed E-state index contributed by atoms with van der Waals surface area (Å²) < 4.78 is 11.9. The maximum atomic E-state index is 11.9. The summed E-state index contributed by atoms with van der Waals surface area (Å²) in [6.07, 6.45) is 3.72. The summed E-state index contributed by atoms with van der Waals surface area (Å²) in [4.78, 5) is 4.90. The molecule has 0 atom stereocenters. The number of hydrogen-bond donors (Lipinski definition) is 1. The number of likely N-dealkylation sites (tertiary alicyclic amines) is 1. The molecule has 3 nitrogen and oxygen atoms in total. The molecule has 0 bridgehead atoms. The Morgan fingerprint density at radius 1 is 1.04 bits per heavy atom. The van der Waals surface area contributed by atoms with Crippen LogP contribution in [0.4, 0.5) is 15.8 Å². The van der Waals surface area contributed by atoms with Gasteiger partial charge in [-0.1, -0.05) is 31.2 Å². The molecule has 2 aliphatic heterocycles. The van der Waals surface area contributed by atoms with E-state index in [4.69, 9.17) is 0 Å². The summed E-state index contributed by atoms with van der Waals surface area (Å²) in [6, 6.07) is 15.5. The Balaban J connectivity index is 0.000000236. The predicted molar refractivity (Wildman–Crippen MR) is 109 cm³/mol. The fraction of sp³-hybridized carbons (Fsp3) is 0.455. The average Bonchev–Trinajstić information content (AvgIpc) is 3.04. The smallest absolute Gasteiger partial charge is 0.123 e. The topological polar surface area (TPSA) is 18.5 Å². The zero-order chi connectivity index (χ0) is 18.4. The van der Waals surface area contributed by atoms with E-state index in [0.29, 0.717) is 6.04 Å². The van der Waals surface area contributed by atoms with Gasteiger partial charge < -0.3 is 15.1 Å². The molecule has 2 aromatic rings. The third-order valence-corrected chi connectivity index (χ3v) is 5.35. The van der Waals surface area contributed by atoms with E-state index in [1.807, 2.05) is 0 Å². The lowest BCUT2D eigenvalue weighted by molar-refractivity contribution is 0.229. The summed E-state index contributed by atoms with van der Waals surface area (Å²) in [6.45, 7) is 7.08. The van der Waals surface area contributed by atoms with E-state index in [1.54, 1.807) is 18.2 Å². The van der Waals surface area contributed by atoms with Crippen LogP contribution in [0.25, 0.3) is 0 Å². The average molecular weight is 356 g/mol. The fourth-order valence-corrected chi connectivity index (χ4v) is 3.67. The number of benzene rings is 2. The SMILES string of the molecule is CCN1CCC(Nc2ccc3c(c2)N(C)CC3)CC1.Fc1ccccc1. The van der Waals surface area contributed by atoms with E-state index in [0.717, 1.165) is 6.54 Å². The standard InChI is InChI=1S/C16H25N3.C6H5F/c1-3-19-10-7-14(8-11-19)17-15-5-4-13-6-9-18(2)16(13)12-15;7-6-4-2-1-3-5-6/h4-5,12,14,17H,3,6-11H2,1-2H3;1-5H. The quantitative estimate of drug-likeness (QED) is 0.880. The van der Waals surface area contributed by atoms with Crippen molar-refractivity contribution < 1.29 is 4.39 Å². The predicted octanol–water partition coefficient (Wildman–Crippen LogP) is 4.40. The third-order valence-electron chi connectivity index (χ3n) is 5.35. The molecule has 0 saturated carbocycles. The Hall–Kier alpha value is -2.07. The van der Waals surface area contributed by atoms with Crippen molar-refractivity contribution in [3.8, 4) is 0 Å². The largest absolute Gasteiger partial charge is 0.382 e. The van der Waals surface area contributed by atoms with Crippen LogP contribution in [0.1, 0.15) is 25.3 Å². The Bertz CT molecular complexity index is 681. The number of rotatable bonds is 3. The summed E-state index contributed by atoms with van der Waals surface area (Å²) in [5, 5.41) is 3.72. The number of halogens is 1. The van der Waals surface area contributed by atoms with Crippen LogP contribution in [-0.4, -0.2) is 44.2 Å². The molecule has 1 N–H and O–H groups in total. The second-order valence-corrected chi connectivity index (χ2v) is 7.16. The molecule has 0 amide bonds. The van der Waals surface area contributed by atoms with Gasteiger partial charge in [0.15, 0.2) is 0 Å². The van der Waals surface area contributed by atoms with Crippen molar-refractivity contribution in [2.45, 2.75) is 32.2 Å². The Kier molecular flexibility index (Phi) is 6.51. The number of anilines is 2. The molecule has 1 saturated heterocycles. The molecule has 4 rings (SSSR count). The van der Waals surface area contributed by atoms with Crippen LogP contribution in [-0.2, 0) is 6.42 Å². The Labute approximate surface area is 156 Å². The van der Waals surface area contributed by atoms with Crippen molar-refractivity contribution >= 4 is 11.4 Å². The molecule has 0 unspecified atom stereocenters. The van der Waals surface area contributed by atoms with E-state index in [-0.39, 0.29) is 5.82 Å². The van der Waals surface area contributed by atoms with E-state index < -0.39 is 0 Å². The lowest BCUT2D eigenvalue weighted by Crippen LogP contribution is -2.38. The van der Waals surface area contributed by atoms with Crippen molar-refractivity contribution in [3.05, 3.63) is 59.9 Å². The highest BCUT2D eigenvalue weighted by Gasteiger charge is 2.19. The number of fused-ring (bicyclic) bond motifs is 1. The summed E-state index contributed by atoms with van der Waals surface area (Å²) in [7, 11) is 2.19. The van der Waals surface area contributed by atoms with Gasteiger partial charge in [0.25, 0.3) is 0 Å². The first-order valence-electron chi connectivity index (χ1n) is 9.69. The molecule has 1 fully saturated rings. The van der Waals surface area contributed by atoms with Gasteiger partial charge in [-0.25, -0.2) is 4.39 Å². The van der Waals surface area contributed by atoms with Crippen LogP contribution in [0.15, 0.2) is 48.5 Å². The molecule has 26 heavy (non-hydrogen) atoms. The maximum absolute atomic E-state index is 11.9. The molecule has 4 heteroatoms. The van der Waals surface area contributed by atoms with Crippen LogP contribution < -0.4 is 10.2 Å². The second-order valence-electron chi connectivity index (χ2n) is 7.16. The number of piperidine rings is 1. The van der Waals surface area contributed by atoms with E-state index >= 15 is 0 Å². The molecular weight excluding hydrogens is 325 g/mol. The highest BCUT2D eigenvalue weighted by molar-refractivity contribution is 5.65. The first-order chi connectivity index (χ1) is 12.7. The van der Waals surface area contributed by atoms with Gasteiger partial charge in [0.05, 0.1) is 0 Å². The van der Waals surface area contributed by atoms with E-state index in [2.05, 4.69) is 47.3 Å². The minimum atomic E-state index is -0.178.